The normalized spacial score (nSPS) is 11.9. The molecule has 0 aliphatic heterocycles. The zero-order valence-electron chi connectivity index (χ0n) is 16.4. The van der Waals surface area contributed by atoms with Gasteiger partial charge in [0, 0.05) is 30.5 Å². The van der Waals surface area contributed by atoms with Crippen molar-refractivity contribution in [3.8, 4) is 17.2 Å². The van der Waals surface area contributed by atoms with Gasteiger partial charge in [-0.25, -0.2) is 9.97 Å². The average molecular weight is 388 g/mol. The first kappa shape index (κ1) is 18.8. The minimum Gasteiger partial charge on any atom is -0.497 e. The molecule has 0 fully saturated rings. The lowest BCUT2D eigenvalue weighted by atomic mass is 10.1. The average Bonchev–Trinajstić information content (AvgIpc) is 3.47. The quantitative estimate of drug-likeness (QED) is 0.432. The minimum atomic E-state index is 0.0328. The first-order valence-electron chi connectivity index (χ1n) is 9.64. The van der Waals surface area contributed by atoms with Crippen LogP contribution < -0.4 is 9.47 Å². The molecule has 1 atom stereocenters. The molecule has 0 saturated heterocycles. The lowest BCUT2D eigenvalue weighted by Gasteiger charge is -2.20. The fourth-order valence-electron chi connectivity index (χ4n) is 3.24. The number of ether oxygens (including phenoxy) is 2. The predicted octanol–water partition coefficient (Wildman–Crippen LogP) is 4.16. The highest BCUT2D eigenvalue weighted by molar-refractivity contribution is 5.37. The maximum absolute atomic E-state index is 6.33. The standard InChI is InChI=1S/C23H24N4O2/c1-28-21-7-2-19(3-8-21)4-9-23(16-26-14-12-24-17-26)29-22-10-5-20(6-11-22)27-15-13-25-18-27/h2-3,5-8,10-15,17-18,23H,4,9,16H2,1H3. The van der Waals surface area contributed by atoms with Gasteiger partial charge >= 0.3 is 0 Å². The molecule has 6 heteroatoms. The van der Waals surface area contributed by atoms with E-state index in [2.05, 4.69) is 26.7 Å². The second-order valence-electron chi connectivity index (χ2n) is 6.85. The summed E-state index contributed by atoms with van der Waals surface area (Å²) in [6, 6.07) is 16.3. The third-order valence-electron chi connectivity index (χ3n) is 4.83. The Bertz CT molecular complexity index is 979. The third kappa shape index (κ3) is 5.04. The van der Waals surface area contributed by atoms with Crippen LogP contribution in [0.4, 0.5) is 0 Å². The molecule has 6 nitrogen and oxygen atoms in total. The summed E-state index contributed by atoms with van der Waals surface area (Å²) in [6.07, 6.45) is 12.9. The minimum absolute atomic E-state index is 0.0328. The number of imidazole rings is 2. The molecular formula is C23H24N4O2. The van der Waals surface area contributed by atoms with Crippen molar-refractivity contribution in [3.05, 3.63) is 91.5 Å². The van der Waals surface area contributed by atoms with Gasteiger partial charge in [0.25, 0.3) is 0 Å². The Balaban J connectivity index is 1.43. The second kappa shape index (κ2) is 9.10. The number of methoxy groups -OCH3 is 1. The number of hydrogen-bond acceptors (Lipinski definition) is 4. The number of nitrogens with zero attached hydrogens (tertiary/aromatic N) is 4. The first-order chi connectivity index (χ1) is 14.3. The van der Waals surface area contributed by atoms with Gasteiger partial charge in [-0.3, -0.25) is 0 Å². The van der Waals surface area contributed by atoms with E-state index in [4.69, 9.17) is 9.47 Å². The molecule has 0 radical (unpaired) electrons. The molecule has 0 amide bonds. The molecule has 4 rings (SSSR count). The van der Waals surface area contributed by atoms with E-state index in [0.717, 1.165) is 36.6 Å². The van der Waals surface area contributed by atoms with Gasteiger partial charge in [-0.2, -0.15) is 0 Å². The molecule has 29 heavy (non-hydrogen) atoms. The van der Waals surface area contributed by atoms with Crippen molar-refractivity contribution in [1.29, 1.82) is 0 Å². The van der Waals surface area contributed by atoms with E-state index < -0.39 is 0 Å². The summed E-state index contributed by atoms with van der Waals surface area (Å²) in [4.78, 5) is 8.23. The van der Waals surface area contributed by atoms with E-state index in [1.165, 1.54) is 5.56 Å². The molecule has 1 unspecified atom stereocenters. The summed E-state index contributed by atoms with van der Waals surface area (Å²) >= 11 is 0. The molecule has 0 saturated carbocycles. The van der Waals surface area contributed by atoms with Crippen LogP contribution in [-0.2, 0) is 13.0 Å². The van der Waals surface area contributed by atoms with Gasteiger partial charge < -0.3 is 18.6 Å². The Labute approximate surface area is 170 Å². The Morgan fingerprint density at radius 2 is 1.59 bits per heavy atom. The Morgan fingerprint density at radius 1 is 0.862 bits per heavy atom. The SMILES string of the molecule is COc1ccc(CCC(Cn2ccnc2)Oc2ccc(-n3ccnc3)cc2)cc1. The van der Waals surface area contributed by atoms with Gasteiger partial charge in [0.1, 0.15) is 17.6 Å². The zero-order valence-corrected chi connectivity index (χ0v) is 16.4. The fraction of sp³-hybridized carbons (Fsp3) is 0.217. The Morgan fingerprint density at radius 3 is 2.24 bits per heavy atom. The molecule has 0 N–H and O–H groups in total. The highest BCUT2D eigenvalue weighted by Gasteiger charge is 2.12. The fourth-order valence-corrected chi connectivity index (χ4v) is 3.24. The second-order valence-corrected chi connectivity index (χ2v) is 6.85. The topological polar surface area (TPSA) is 54.1 Å². The molecule has 4 aromatic rings. The van der Waals surface area contributed by atoms with Crippen molar-refractivity contribution in [2.75, 3.05) is 7.11 Å². The van der Waals surface area contributed by atoms with E-state index in [1.807, 2.05) is 59.7 Å². The number of benzene rings is 2. The number of hydrogen-bond donors (Lipinski definition) is 0. The third-order valence-corrected chi connectivity index (χ3v) is 4.83. The van der Waals surface area contributed by atoms with E-state index >= 15 is 0 Å². The summed E-state index contributed by atoms with van der Waals surface area (Å²) in [5.74, 6) is 1.73. The lowest BCUT2D eigenvalue weighted by Crippen LogP contribution is -2.23. The van der Waals surface area contributed by atoms with Crippen LogP contribution in [0.2, 0.25) is 0 Å². The van der Waals surface area contributed by atoms with Crippen molar-refractivity contribution in [1.82, 2.24) is 19.1 Å². The van der Waals surface area contributed by atoms with Gasteiger partial charge in [0.05, 0.1) is 26.3 Å². The van der Waals surface area contributed by atoms with Crippen LogP contribution in [0.5, 0.6) is 11.5 Å². The molecular weight excluding hydrogens is 364 g/mol. The van der Waals surface area contributed by atoms with Gasteiger partial charge in [-0.05, 0) is 54.8 Å². The Hall–Kier alpha value is -3.54. The van der Waals surface area contributed by atoms with Gasteiger partial charge in [0.2, 0.25) is 0 Å². The monoisotopic (exact) mass is 388 g/mol. The molecule has 0 spiro atoms. The van der Waals surface area contributed by atoms with Crippen LogP contribution in [0.3, 0.4) is 0 Å². The van der Waals surface area contributed by atoms with E-state index in [1.54, 1.807) is 25.8 Å². The van der Waals surface area contributed by atoms with E-state index in [9.17, 15) is 0 Å². The highest BCUT2D eigenvalue weighted by atomic mass is 16.5. The maximum Gasteiger partial charge on any atom is 0.119 e. The van der Waals surface area contributed by atoms with Gasteiger partial charge in [-0.15, -0.1) is 0 Å². The summed E-state index contributed by atoms with van der Waals surface area (Å²) in [5, 5.41) is 0. The van der Waals surface area contributed by atoms with Gasteiger partial charge in [-0.1, -0.05) is 12.1 Å². The zero-order chi connectivity index (χ0) is 19.9. The summed E-state index contributed by atoms with van der Waals surface area (Å²) in [6.45, 7) is 0.749. The van der Waals surface area contributed by atoms with Crippen molar-refractivity contribution in [3.63, 3.8) is 0 Å². The predicted molar refractivity (Wildman–Crippen MR) is 112 cm³/mol. The van der Waals surface area contributed by atoms with Crippen LogP contribution in [0.15, 0.2) is 86.0 Å². The van der Waals surface area contributed by atoms with Gasteiger partial charge in [0.15, 0.2) is 0 Å². The van der Waals surface area contributed by atoms with Crippen LogP contribution in [-0.4, -0.2) is 32.3 Å². The van der Waals surface area contributed by atoms with Crippen molar-refractivity contribution in [2.24, 2.45) is 0 Å². The van der Waals surface area contributed by atoms with E-state index in [0.29, 0.717) is 0 Å². The highest BCUT2D eigenvalue weighted by Crippen LogP contribution is 2.20. The van der Waals surface area contributed by atoms with Crippen molar-refractivity contribution >= 4 is 0 Å². The number of aromatic nitrogens is 4. The summed E-state index contributed by atoms with van der Waals surface area (Å²) in [5.41, 5.74) is 2.32. The molecule has 2 aromatic carbocycles. The molecule has 0 aliphatic carbocycles. The van der Waals surface area contributed by atoms with E-state index in [-0.39, 0.29) is 6.10 Å². The lowest BCUT2D eigenvalue weighted by molar-refractivity contribution is 0.170. The van der Waals surface area contributed by atoms with Crippen molar-refractivity contribution < 1.29 is 9.47 Å². The Kier molecular flexibility index (Phi) is 5.90. The maximum atomic E-state index is 6.33. The van der Waals surface area contributed by atoms with Crippen molar-refractivity contribution in [2.45, 2.75) is 25.5 Å². The molecule has 0 bridgehead atoms. The number of rotatable bonds is 9. The smallest absolute Gasteiger partial charge is 0.119 e. The molecule has 2 aromatic heterocycles. The molecule has 148 valence electrons. The van der Waals surface area contributed by atoms with Crippen LogP contribution >= 0.6 is 0 Å². The molecule has 2 heterocycles. The van der Waals surface area contributed by atoms with Crippen LogP contribution in [0.1, 0.15) is 12.0 Å². The first-order valence-corrected chi connectivity index (χ1v) is 9.64. The van der Waals surface area contributed by atoms with Crippen LogP contribution in [0.25, 0.3) is 5.69 Å². The summed E-state index contributed by atoms with van der Waals surface area (Å²) < 4.78 is 15.6. The molecule has 0 aliphatic rings. The largest absolute Gasteiger partial charge is 0.497 e. The number of aryl methyl sites for hydroxylation is 1. The summed E-state index contributed by atoms with van der Waals surface area (Å²) in [7, 11) is 1.68. The van der Waals surface area contributed by atoms with Crippen LogP contribution in [0, 0.1) is 0 Å².